The predicted octanol–water partition coefficient (Wildman–Crippen LogP) is -0.426. The van der Waals surface area contributed by atoms with Gasteiger partial charge in [-0.15, -0.1) is 6.82 Å². The van der Waals surface area contributed by atoms with E-state index in [2.05, 4.69) is 39.8 Å². The summed E-state index contributed by atoms with van der Waals surface area (Å²) in [4.78, 5) is 0. The van der Waals surface area contributed by atoms with Gasteiger partial charge in [0.1, 0.15) is 0 Å². The largest absolute Gasteiger partial charge is 1.00 e. The standard InChI is InChI=1S/C13H20BO2.Li/c1-12(2)13(3,4)16-14(5,15-12)11-9-7-6-8-10-11;/h6-10H,1-5H3;/q-1;+1. The van der Waals surface area contributed by atoms with Crippen molar-refractivity contribution < 1.29 is 28.2 Å². The van der Waals surface area contributed by atoms with E-state index in [1.807, 2.05) is 25.0 Å². The van der Waals surface area contributed by atoms with Crippen LogP contribution >= 0.6 is 0 Å². The summed E-state index contributed by atoms with van der Waals surface area (Å²) in [5.41, 5.74) is 0.594. The van der Waals surface area contributed by atoms with E-state index < -0.39 is 6.55 Å². The predicted molar refractivity (Wildman–Crippen MR) is 68.0 cm³/mol. The van der Waals surface area contributed by atoms with E-state index >= 15 is 0 Å². The van der Waals surface area contributed by atoms with Crippen molar-refractivity contribution in [2.75, 3.05) is 0 Å². The van der Waals surface area contributed by atoms with Crippen LogP contribution in [-0.2, 0) is 9.31 Å². The maximum Gasteiger partial charge on any atom is 1.00 e. The van der Waals surface area contributed by atoms with Crippen molar-refractivity contribution in [3.8, 4) is 0 Å². The second-order valence-electron chi connectivity index (χ2n) is 5.76. The first kappa shape index (κ1) is 14.9. The van der Waals surface area contributed by atoms with Crippen molar-refractivity contribution in [2.45, 2.75) is 45.7 Å². The molecule has 1 saturated heterocycles. The van der Waals surface area contributed by atoms with E-state index in [0.717, 1.165) is 5.46 Å². The summed E-state index contributed by atoms with van der Waals surface area (Å²) in [6.07, 6.45) is 0. The Morgan fingerprint density at radius 1 is 0.882 bits per heavy atom. The molecule has 0 N–H and O–H groups in total. The molecule has 0 aliphatic carbocycles. The monoisotopic (exact) mass is 226 g/mol. The smallest absolute Gasteiger partial charge is 0.558 e. The molecule has 17 heavy (non-hydrogen) atoms. The summed E-state index contributed by atoms with van der Waals surface area (Å²) >= 11 is 0. The third kappa shape index (κ3) is 2.49. The van der Waals surface area contributed by atoms with Gasteiger partial charge in [-0.2, -0.15) is 5.46 Å². The molecule has 1 aliphatic rings. The van der Waals surface area contributed by atoms with Crippen LogP contribution < -0.4 is 24.3 Å². The van der Waals surface area contributed by atoms with Gasteiger partial charge in [-0.3, -0.25) is 0 Å². The molecule has 88 valence electrons. The van der Waals surface area contributed by atoms with Gasteiger partial charge in [-0.1, -0.05) is 30.3 Å². The van der Waals surface area contributed by atoms with E-state index in [1.54, 1.807) is 0 Å². The first-order valence-electron chi connectivity index (χ1n) is 5.91. The zero-order valence-electron chi connectivity index (χ0n) is 11.8. The molecule has 1 heterocycles. The summed E-state index contributed by atoms with van der Waals surface area (Å²) in [7, 11) is 0. The van der Waals surface area contributed by atoms with Gasteiger partial charge < -0.3 is 9.31 Å². The van der Waals surface area contributed by atoms with Gasteiger partial charge in [0.25, 0.3) is 6.55 Å². The van der Waals surface area contributed by atoms with Gasteiger partial charge in [0, 0.05) is 11.2 Å². The fourth-order valence-electron chi connectivity index (χ4n) is 2.37. The maximum absolute atomic E-state index is 6.18. The molecule has 1 fully saturated rings. The first-order chi connectivity index (χ1) is 7.27. The second-order valence-corrected chi connectivity index (χ2v) is 5.76. The minimum Gasteiger partial charge on any atom is -0.558 e. The van der Waals surface area contributed by atoms with Gasteiger partial charge in [0.2, 0.25) is 0 Å². The number of rotatable bonds is 1. The minimum atomic E-state index is -1.36. The van der Waals surface area contributed by atoms with Gasteiger partial charge in [0.05, 0.1) is 0 Å². The maximum atomic E-state index is 6.18. The normalized spacial score (nSPS) is 24.1. The van der Waals surface area contributed by atoms with Gasteiger partial charge in [-0.25, -0.2) is 0 Å². The molecule has 1 aliphatic heterocycles. The average Bonchev–Trinajstić information content (AvgIpc) is 2.33. The Kier molecular flexibility index (Phi) is 3.92. The van der Waals surface area contributed by atoms with Crippen LogP contribution in [0.4, 0.5) is 0 Å². The number of hydrogen-bond acceptors (Lipinski definition) is 2. The van der Waals surface area contributed by atoms with Crippen molar-refractivity contribution in [3.05, 3.63) is 30.3 Å². The van der Waals surface area contributed by atoms with Crippen LogP contribution in [0.25, 0.3) is 0 Å². The molecule has 0 atom stereocenters. The summed E-state index contributed by atoms with van der Waals surface area (Å²) in [5.74, 6) is 0. The number of benzene rings is 1. The average molecular weight is 226 g/mol. The Labute approximate surface area is 116 Å². The van der Waals surface area contributed by atoms with E-state index in [0.29, 0.717) is 0 Å². The van der Waals surface area contributed by atoms with Crippen molar-refractivity contribution in [1.29, 1.82) is 0 Å². The topological polar surface area (TPSA) is 18.5 Å². The number of hydrogen-bond donors (Lipinski definition) is 0. The fourth-order valence-corrected chi connectivity index (χ4v) is 2.37. The molecule has 4 heteroatoms. The minimum absolute atomic E-state index is 0. The molecule has 1 aromatic carbocycles. The first-order valence-corrected chi connectivity index (χ1v) is 5.91. The Morgan fingerprint density at radius 2 is 1.29 bits per heavy atom. The van der Waals surface area contributed by atoms with E-state index in [9.17, 15) is 0 Å². The Balaban J connectivity index is 0.00000144. The molecule has 0 spiro atoms. The van der Waals surface area contributed by atoms with Crippen LogP contribution in [0.3, 0.4) is 0 Å². The second kappa shape index (κ2) is 4.48. The molecule has 2 nitrogen and oxygen atoms in total. The molecular formula is C13H20BLiO2. The Hall–Kier alpha value is -0.198. The summed E-state index contributed by atoms with van der Waals surface area (Å²) in [6, 6.07) is 10.2. The SMILES string of the molecule is C[B-]1(c2ccccc2)OC(C)(C)C(C)(C)O1.[Li+]. The third-order valence-electron chi connectivity index (χ3n) is 3.89. The third-order valence-corrected chi connectivity index (χ3v) is 3.89. The zero-order chi connectivity index (χ0) is 12.0. The molecule has 1 aromatic rings. The van der Waals surface area contributed by atoms with Crippen molar-refractivity contribution in [2.24, 2.45) is 0 Å². The molecule has 0 radical (unpaired) electrons. The molecule has 0 bridgehead atoms. The molecule has 2 rings (SSSR count). The molecule has 0 unspecified atom stereocenters. The van der Waals surface area contributed by atoms with Crippen molar-refractivity contribution in [1.82, 2.24) is 0 Å². The molecule has 0 saturated carbocycles. The van der Waals surface area contributed by atoms with Crippen molar-refractivity contribution in [3.63, 3.8) is 0 Å². The fraction of sp³-hybridized carbons (Fsp3) is 0.538. The van der Waals surface area contributed by atoms with Crippen molar-refractivity contribution >= 4 is 12.0 Å². The van der Waals surface area contributed by atoms with E-state index in [-0.39, 0.29) is 30.1 Å². The van der Waals surface area contributed by atoms with Crippen LogP contribution in [0.5, 0.6) is 0 Å². The molecular weight excluding hydrogens is 206 g/mol. The van der Waals surface area contributed by atoms with Gasteiger partial charge in [-0.05, 0) is 27.7 Å². The Bertz CT molecular complexity index is 374. The van der Waals surface area contributed by atoms with Crippen LogP contribution in [0, 0.1) is 0 Å². The zero-order valence-corrected chi connectivity index (χ0v) is 11.8. The Morgan fingerprint density at radius 3 is 1.71 bits per heavy atom. The van der Waals surface area contributed by atoms with E-state index in [1.165, 1.54) is 0 Å². The van der Waals surface area contributed by atoms with Gasteiger partial charge in [0.15, 0.2) is 0 Å². The molecule has 0 amide bonds. The van der Waals surface area contributed by atoms with Gasteiger partial charge >= 0.3 is 18.9 Å². The quantitative estimate of drug-likeness (QED) is 0.605. The molecule has 0 aromatic heterocycles. The van der Waals surface area contributed by atoms with Crippen LogP contribution in [0.1, 0.15) is 27.7 Å². The summed E-state index contributed by atoms with van der Waals surface area (Å²) in [6.45, 7) is 9.03. The van der Waals surface area contributed by atoms with Crippen LogP contribution in [0.2, 0.25) is 6.82 Å². The van der Waals surface area contributed by atoms with E-state index in [4.69, 9.17) is 9.31 Å². The van der Waals surface area contributed by atoms with Crippen LogP contribution in [-0.4, -0.2) is 17.8 Å². The summed E-state index contributed by atoms with van der Waals surface area (Å²) in [5, 5.41) is 0. The summed E-state index contributed by atoms with van der Waals surface area (Å²) < 4.78 is 12.4. The van der Waals surface area contributed by atoms with Crippen LogP contribution in [0.15, 0.2) is 30.3 Å².